The molecule has 4 aromatic carbocycles. The van der Waals surface area contributed by atoms with Crippen LogP contribution in [0.5, 0.6) is 11.5 Å². The first-order valence-corrected chi connectivity index (χ1v) is 24.3. The Morgan fingerprint density at radius 1 is 0.567 bits per heavy atom. The van der Waals surface area contributed by atoms with Crippen molar-refractivity contribution in [2.24, 2.45) is 36.1 Å². The molecule has 67 heavy (non-hydrogen) atoms. The Morgan fingerprint density at radius 3 is 1.34 bits per heavy atom. The molecule has 0 bridgehead atoms. The lowest BCUT2D eigenvalue weighted by Crippen LogP contribution is -2.32. The molecule has 0 saturated heterocycles. The summed E-state index contributed by atoms with van der Waals surface area (Å²) in [4.78, 5) is 23.3. The van der Waals surface area contributed by atoms with Crippen molar-refractivity contribution < 1.29 is 23.9 Å². The molecular weight excluding hydrogens is 845 g/mol. The van der Waals surface area contributed by atoms with Gasteiger partial charge in [0.25, 0.3) is 0 Å². The van der Waals surface area contributed by atoms with Crippen LogP contribution >= 0.6 is 0 Å². The summed E-state index contributed by atoms with van der Waals surface area (Å²) < 4.78 is 17.1. The first kappa shape index (κ1) is 55.3. The van der Waals surface area contributed by atoms with Crippen LogP contribution in [-0.2, 0) is 9.53 Å². The Hall–Kier alpha value is -6.05. The highest BCUT2D eigenvalue weighted by Crippen LogP contribution is 2.41. The number of nitrogens with zero attached hydrogens (tertiary/aromatic N) is 8. The van der Waals surface area contributed by atoms with Crippen LogP contribution in [0.25, 0.3) is 0 Å². The fraction of sp³-hybridized carbons (Fsp3) is 0.528. The molecule has 0 N–H and O–H groups in total. The quantitative estimate of drug-likeness (QED) is 0.0159. The molecule has 14 nitrogen and oxygen atoms in total. The van der Waals surface area contributed by atoms with Gasteiger partial charge in [0.15, 0.2) is 7.05 Å². The third-order valence-electron chi connectivity index (χ3n) is 11.4. The normalized spacial score (nSPS) is 11.5. The molecule has 0 aliphatic rings. The number of hydrogen-bond acceptors (Lipinski definition) is 13. The van der Waals surface area contributed by atoms with E-state index >= 15 is 0 Å². The molecule has 0 spiro atoms. The molecule has 4 aromatic rings. The van der Waals surface area contributed by atoms with E-state index in [9.17, 15) is 4.79 Å². The molecule has 0 amide bonds. The van der Waals surface area contributed by atoms with Crippen molar-refractivity contribution in [3.05, 3.63) is 101 Å². The maximum absolute atomic E-state index is 12.7. The van der Waals surface area contributed by atoms with Crippen molar-refractivity contribution in [3.63, 3.8) is 0 Å². The number of carbonyl (C=O) groups is 1. The van der Waals surface area contributed by atoms with Gasteiger partial charge in [-0.15, -0.1) is 10.2 Å². The number of benzene rings is 4. The van der Waals surface area contributed by atoms with Gasteiger partial charge in [0, 0.05) is 29.3 Å². The average molecular weight is 921 g/mol. The standard InChI is InChI=1S/C52H73N7O4.CH3NO2/c1-7-9-10-11-12-13-14-15-16-17-18-19-20-21-22-26-37-59(38-39-63-51(60)52(3,4)8-2)46-35-33-45(34-36-46)56-58-48-41-49(61-5)47(40-50(48)62-6)57-55-44-31-29-43(30-32-44)54-53-42-27-24-23-25-28-42;1-2(3)4/h23-25,27-36,40-41H,7-22,26,37-39H2,1-6H3;1H3. The monoisotopic (exact) mass is 921 g/mol. The lowest BCUT2D eigenvalue weighted by Gasteiger charge is -2.26. The van der Waals surface area contributed by atoms with E-state index in [0.29, 0.717) is 53.1 Å². The predicted molar refractivity (Wildman–Crippen MR) is 271 cm³/mol. The van der Waals surface area contributed by atoms with Crippen molar-refractivity contribution in [2.45, 2.75) is 137 Å². The van der Waals surface area contributed by atoms with E-state index in [2.05, 4.69) is 54.6 Å². The SMILES string of the molecule is CCCCCCCCCCCCCCCCCCN(CCOC(=O)C(C)(C)CC)c1ccc(N=Nc2cc(OC)c(N=Nc3ccc(N=Nc4ccccc4)cc3)cc2OC)cc1.C[N+](=O)[O-]. The van der Waals surface area contributed by atoms with Crippen LogP contribution in [0.4, 0.5) is 39.8 Å². The largest absolute Gasteiger partial charge is 0.494 e. The summed E-state index contributed by atoms with van der Waals surface area (Å²) in [5.41, 5.74) is 4.36. The third kappa shape index (κ3) is 22.8. The summed E-state index contributed by atoms with van der Waals surface area (Å²) >= 11 is 0. The topological polar surface area (TPSA) is 165 Å². The van der Waals surface area contributed by atoms with E-state index in [1.54, 1.807) is 26.4 Å². The van der Waals surface area contributed by atoms with Crippen molar-refractivity contribution in [3.8, 4) is 11.5 Å². The van der Waals surface area contributed by atoms with Crippen LogP contribution < -0.4 is 14.4 Å². The molecule has 0 atom stereocenters. The van der Waals surface area contributed by atoms with E-state index < -0.39 is 10.3 Å². The van der Waals surface area contributed by atoms with Crippen molar-refractivity contribution in [1.29, 1.82) is 0 Å². The van der Waals surface area contributed by atoms with Crippen LogP contribution in [0, 0.1) is 15.5 Å². The average Bonchev–Trinajstić information content (AvgIpc) is 3.34. The van der Waals surface area contributed by atoms with Crippen molar-refractivity contribution in [2.75, 3.05) is 45.9 Å². The molecule has 0 unspecified atom stereocenters. The number of anilines is 1. The minimum absolute atomic E-state index is 0.153. The zero-order chi connectivity index (χ0) is 48.5. The molecule has 0 fully saturated rings. The zero-order valence-electron chi connectivity index (χ0n) is 41.3. The first-order chi connectivity index (χ1) is 32.5. The fourth-order valence-corrected chi connectivity index (χ4v) is 6.98. The Labute approximate surface area is 399 Å². The number of ether oxygens (including phenoxy) is 3. The molecule has 364 valence electrons. The Kier molecular flexibility index (Phi) is 26.9. The minimum Gasteiger partial charge on any atom is -0.494 e. The van der Waals surface area contributed by atoms with Gasteiger partial charge >= 0.3 is 5.97 Å². The molecule has 0 aliphatic heterocycles. The van der Waals surface area contributed by atoms with Gasteiger partial charge in [-0.1, -0.05) is 128 Å². The molecule has 0 saturated carbocycles. The molecule has 0 aliphatic carbocycles. The summed E-state index contributed by atoms with van der Waals surface area (Å²) in [6, 6.07) is 28.4. The number of carbonyl (C=O) groups excluding carboxylic acids is 1. The lowest BCUT2D eigenvalue weighted by molar-refractivity contribution is -0.445. The van der Waals surface area contributed by atoms with Crippen LogP contribution in [0.1, 0.15) is 137 Å². The van der Waals surface area contributed by atoms with Gasteiger partial charge < -0.3 is 19.1 Å². The summed E-state index contributed by atoms with van der Waals surface area (Å²) in [5, 5.41) is 35.2. The fourth-order valence-electron chi connectivity index (χ4n) is 6.98. The maximum atomic E-state index is 12.7. The van der Waals surface area contributed by atoms with Crippen molar-refractivity contribution >= 4 is 45.8 Å². The molecule has 14 heteroatoms. The van der Waals surface area contributed by atoms with Crippen LogP contribution in [0.2, 0.25) is 0 Å². The summed E-state index contributed by atoms with van der Waals surface area (Å²) in [7, 11) is 4.04. The lowest BCUT2D eigenvalue weighted by atomic mass is 9.91. The molecule has 0 heterocycles. The van der Waals surface area contributed by atoms with E-state index in [-0.39, 0.29) is 5.97 Å². The smallest absolute Gasteiger partial charge is 0.311 e. The van der Waals surface area contributed by atoms with Crippen molar-refractivity contribution in [1.82, 2.24) is 0 Å². The highest BCUT2D eigenvalue weighted by molar-refractivity contribution is 5.75. The summed E-state index contributed by atoms with van der Waals surface area (Å²) in [6.45, 7) is 10.0. The summed E-state index contributed by atoms with van der Waals surface area (Å²) in [5.74, 6) is 0.803. The number of unbranched alkanes of at least 4 members (excludes halogenated alkanes) is 15. The van der Waals surface area contributed by atoms with E-state index in [1.807, 2.05) is 87.5 Å². The highest BCUT2D eigenvalue weighted by atomic mass is 16.6. The van der Waals surface area contributed by atoms with E-state index in [1.165, 1.54) is 96.3 Å². The van der Waals surface area contributed by atoms with Crippen LogP contribution in [0.15, 0.2) is 122 Å². The van der Waals surface area contributed by atoms with Crippen LogP contribution in [0.3, 0.4) is 0 Å². The molecular formula is C53H76N8O6. The first-order valence-electron chi connectivity index (χ1n) is 24.3. The second kappa shape index (κ2) is 32.6. The van der Waals surface area contributed by atoms with Gasteiger partial charge in [0.05, 0.1) is 48.9 Å². The third-order valence-corrected chi connectivity index (χ3v) is 11.4. The number of esters is 1. The number of azo groups is 3. The highest BCUT2D eigenvalue weighted by Gasteiger charge is 2.27. The Morgan fingerprint density at radius 2 is 0.940 bits per heavy atom. The number of hydrogen-bond donors (Lipinski definition) is 0. The number of rotatable bonds is 31. The van der Waals surface area contributed by atoms with Crippen LogP contribution in [-0.4, -0.2) is 51.9 Å². The Bertz CT molecular complexity index is 2070. The number of methoxy groups -OCH3 is 2. The number of nitro groups is 1. The van der Waals surface area contributed by atoms with Gasteiger partial charge in [0.1, 0.15) is 29.5 Å². The predicted octanol–water partition coefficient (Wildman–Crippen LogP) is 16.9. The van der Waals surface area contributed by atoms with Gasteiger partial charge in [-0.2, -0.15) is 20.5 Å². The van der Waals surface area contributed by atoms with Gasteiger partial charge in [0.2, 0.25) is 0 Å². The second-order valence-corrected chi connectivity index (χ2v) is 17.3. The van der Waals surface area contributed by atoms with Gasteiger partial charge in [-0.05, 0) is 87.4 Å². The van der Waals surface area contributed by atoms with Gasteiger partial charge in [-0.25, -0.2) is 0 Å². The Balaban J connectivity index is 0.00000285. The minimum atomic E-state index is -0.500. The van der Waals surface area contributed by atoms with Gasteiger partial charge in [-0.3, -0.25) is 14.9 Å². The maximum Gasteiger partial charge on any atom is 0.311 e. The molecule has 0 radical (unpaired) electrons. The molecule has 0 aromatic heterocycles. The molecule has 4 rings (SSSR count). The summed E-state index contributed by atoms with van der Waals surface area (Å²) in [6.07, 6.45) is 22.2. The second-order valence-electron chi connectivity index (χ2n) is 17.3. The van der Waals surface area contributed by atoms with E-state index in [0.717, 1.165) is 37.8 Å². The zero-order valence-corrected chi connectivity index (χ0v) is 41.3. The van der Waals surface area contributed by atoms with E-state index in [4.69, 9.17) is 24.3 Å².